The second kappa shape index (κ2) is 8.68. The van der Waals surface area contributed by atoms with Gasteiger partial charge < -0.3 is 20.1 Å². The minimum atomic E-state index is -3.83. The van der Waals surface area contributed by atoms with Crippen LogP contribution in [0.25, 0.3) is 21.8 Å². The minimum Gasteiger partial charge on any atom is -0.492 e. The van der Waals surface area contributed by atoms with Gasteiger partial charge in [-0.25, -0.2) is 13.6 Å². The number of hydrogen-bond donors (Lipinski definition) is 4. The van der Waals surface area contributed by atoms with Crippen LogP contribution in [0.2, 0.25) is 0 Å². The van der Waals surface area contributed by atoms with Crippen molar-refractivity contribution >= 4 is 31.8 Å². The molecule has 162 valence electrons. The monoisotopic (exact) mass is 439 g/mol. The lowest BCUT2D eigenvalue weighted by Crippen LogP contribution is -2.27. The van der Waals surface area contributed by atoms with E-state index < -0.39 is 16.1 Å². The summed E-state index contributed by atoms with van der Waals surface area (Å²) in [7, 11) is -3.83. The van der Waals surface area contributed by atoms with Crippen molar-refractivity contribution in [1.29, 1.82) is 0 Å². The number of para-hydroxylation sites is 1. The van der Waals surface area contributed by atoms with Crippen molar-refractivity contribution in [1.82, 2.24) is 10.3 Å². The molecule has 7 nitrogen and oxygen atoms in total. The van der Waals surface area contributed by atoms with Crippen LogP contribution in [0.1, 0.15) is 17.2 Å². The number of benzene rings is 3. The van der Waals surface area contributed by atoms with E-state index >= 15 is 0 Å². The molecule has 3 aromatic carbocycles. The van der Waals surface area contributed by atoms with E-state index in [4.69, 9.17) is 9.88 Å². The second-order valence-corrected chi connectivity index (χ2v) is 8.99. The molecule has 1 atom stereocenters. The highest BCUT2D eigenvalue weighted by molar-refractivity contribution is 7.89. The topological polar surface area (TPSA) is 117 Å². The van der Waals surface area contributed by atoms with Crippen LogP contribution in [-0.2, 0) is 10.0 Å². The van der Waals surface area contributed by atoms with Gasteiger partial charge in [0.1, 0.15) is 12.4 Å². The lowest BCUT2D eigenvalue weighted by molar-refractivity contribution is 0.171. The number of ether oxygens (including phenoxy) is 1. The summed E-state index contributed by atoms with van der Waals surface area (Å²) in [5.41, 5.74) is 3.10. The fraction of sp³-hybridized carbons (Fsp3) is 0.217. The molecule has 1 aromatic heterocycles. The number of H-pyrrole nitrogens is 1. The summed E-state index contributed by atoms with van der Waals surface area (Å²) >= 11 is 0. The van der Waals surface area contributed by atoms with E-state index in [1.165, 1.54) is 11.5 Å². The van der Waals surface area contributed by atoms with Crippen molar-refractivity contribution in [3.63, 3.8) is 0 Å². The zero-order chi connectivity index (χ0) is 22.0. The van der Waals surface area contributed by atoms with E-state index in [2.05, 4.69) is 16.4 Å². The van der Waals surface area contributed by atoms with E-state index in [0.717, 1.165) is 22.2 Å². The summed E-state index contributed by atoms with van der Waals surface area (Å²) in [5, 5.41) is 21.2. The average molecular weight is 440 g/mol. The first-order valence-electron chi connectivity index (χ1n) is 9.99. The molecule has 31 heavy (non-hydrogen) atoms. The van der Waals surface area contributed by atoms with E-state index in [9.17, 15) is 13.5 Å². The number of aliphatic hydroxyl groups excluding tert-OH is 1. The van der Waals surface area contributed by atoms with Gasteiger partial charge >= 0.3 is 0 Å². The van der Waals surface area contributed by atoms with Crippen LogP contribution in [0.4, 0.5) is 0 Å². The molecule has 0 bridgehead atoms. The van der Waals surface area contributed by atoms with Gasteiger partial charge in [0.2, 0.25) is 10.0 Å². The number of aromatic amines is 1. The largest absolute Gasteiger partial charge is 0.492 e. The number of aliphatic hydroxyl groups is 1. The molecule has 0 saturated heterocycles. The third-order valence-electron chi connectivity index (χ3n) is 5.35. The molecule has 0 aliphatic rings. The van der Waals surface area contributed by atoms with Crippen LogP contribution >= 0.6 is 0 Å². The smallest absolute Gasteiger partial charge is 0.238 e. The van der Waals surface area contributed by atoms with Gasteiger partial charge in [0.15, 0.2) is 0 Å². The van der Waals surface area contributed by atoms with Crippen LogP contribution in [0.5, 0.6) is 5.75 Å². The van der Waals surface area contributed by atoms with Crippen molar-refractivity contribution in [2.24, 2.45) is 5.14 Å². The molecule has 0 radical (unpaired) electrons. The fourth-order valence-corrected chi connectivity index (χ4v) is 4.63. The Morgan fingerprint density at radius 3 is 2.65 bits per heavy atom. The third-order valence-corrected chi connectivity index (χ3v) is 6.41. The van der Waals surface area contributed by atoms with Crippen LogP contribution in [0.15, 0.2) is 65.6 Å². The van der Waals surface area contributed by atoms with Crippen molar-refractivity contribution in [2.75, 3.05) is 19.7 Å². The summed E-state index contributed by atoms with van der Waals surface area (Å²) in [5.74, 6) is 0.762. The number of primary sulfonamides is 1. The highest BCUT2D eigenvalue weighted by Crippen LogP contribution is 2.28. The molecular weight excluding hydrogens is 414 g/mol. The third kappa shape index (κ3) is 4.57. The molecule has 0 spiro atoms. The van der Waals surface area contributed by atoms with Crippen molar-refractivity contribution < 1.29 is 18.3 Å². The van der Waals surface area contributed by atoms with Crippen LogP contribution in [0, 0.1) is 6.92 Å². The first kappa shape index (κ1) is 21.3. The Morgan fingerprint density at radius 1 is 1.06 bits per heavy atom. The molecular formula is C23H25N3O4S. The minimum absolute atomic E-state index is 0.0275. The quantitative estimate of drug-likeness (QED) is 0.315. The molecule has 4 aromatic rings. The maximum absolute atomic E-state index is 11.7. The molecule has 0 amide bonds. The van der Waals surface area contributed by atoms with E-state index in [-0.39, 0.29) is 11.4 Å². The first-order chi connectivity index (χ1) is 14.8. The summed E-state index contributed by atoms with van der Waals surface area (Å²) < 4.78 is 29.1. The van der Waals surface area contributed by atoms with E-state index in [0.29, 0.717) is 24.3 Å². The van der Waals surface area contributed by atoms with Gasteiger partial charge in [0, 0.05) is 35.4 Å². The second-order valence-electron chi connectivity index (χ2n) is 7.46. The maximum Gasteiger partial charge on any atom is 0.238 e. The molecule has 1 heterocycles. The van der Waals surface area contributed by atoms with Crippen LogP contribution in [0.3, 0.4) is 0 Å². The van der Waals surface area contributed by atoms with Gasteiger partial charge in [-0.15, -0.1) is 0 Å². The highest BCUT2D eigenvalue weighted by atomic mass is 32.2. The standard InChI is InChI=1S/C23H25N3O4S/c1-15-17(6-4-8-23(15)31(24,28)29)22(27)14-25-11-12-30-16-9-10-19-18-5-2-3-7-20(18)26-21(19)13-16/h2-10,13,22,25-27H,11-12,14H2,1H3,(H2,24,28,29). The summed E-state index contributed by atoms with van der Waals surface area (Å²) in [6.07, 6.45) is -0.857. The maximum atomic E-state index is 11.7. The molecule has 0 aliphatic heterocycles. The first-order valence-corrected chi connectivity index (χ1v) is 11.5. The fourth-order valence-electron chi connectivity index (χ4n) is 3.81. The number of sulfonamides is 1. The SMILES string of the molecule is Cc1c(C(O)CNCCOc2ccc3c(c2)[nH]c2ccccc23)cccc1S(N)(=O)=O. The molecule has 5 N–H and O–H groups in total. The van der Waals surface area contributed by atoms with Gasteiger partial charge in [-0.05, 0) is 42.3 Å². The molecule has 0 aliphatic carbocycles. The summed E-state index contributed by atoms with van der Waals surface area (Å²) in [6.45, 7) is 2.85. The molecule has 1 unspecified atom stereocenters. The summed E-state index contributed by atoms with van der Waals surface area (Å²) in [6, 6.07) is 18.8. The predicted molar refractivity (Wildman–Crippen MR) is 122 cm³/mol. The van der Waals surface area contributed by atoms with Gasteiger partial charge in [-0.1, -0.05) is 30.3 Å². The van der Waals surface area contributed by atoms with E-state index in [1.807, 2.05) is 36.4 Å². The van der Waals surface area contributed by atoms with Crippen molar-refractivity contribution in [3.05, 3.63) is 71.8 Å². The predicted octanol–water partition coefficient (Wildman–Crippen LogP) is 2.98. The number of aromatic nitrogens is 1. The molecule has 0 saturated carbocycles. The Hall–Kier alpha value is -2.91. The van der Waals surface area contributed by atoms with Crippen LogP contribution in [-0.4, -0.2) is 38.2 Å². The van der Waals surface area contributed by atoms with Gasteiger partial charge in [-0.3, -0.25) is 0 Å². The Bertz CT molecular complexity index is 1330. The number of fused-ring (bicyclic) bond motifs is 3. The Labute approximate surface area is 180 Å². The molecule has 8 heteroatoms. The number of nitrogens with one attached hydrogen (secondary N) is 2. The summed E-state index contributed by atoms with van der Waals surface area (Å²) in [4.78, 5) is 3.42. The highest BCUT2D eigenvalue weighted by Gasteiger charge is 2.17. The average Bonchev–Trinajstić information content (AvgIpc) is 3.10. The zero-order valence-corrected chi connectivity index (χ0v) is 17.9. The lowest BCUT2D eigenvalue weighted by Gasteiger charge is -2.16. The number of nitrogens with two attached hydrogens (primary N) is 1. The Morgan fingerprint density at radius 2 is 1.84 bits per heavy atom. The van der Waals surface area contributed by atoms with Crippen molar-refractivity contribution in [2.45, 2.75) is 17.9 Å². The van der Waals surface area contributed by atoms with Gasteiger partial charge in [0.25, 0.3) is 0 Å². The van der Waals surface area contributed by atoms with Gasteiger partial charge in [-0.2, -0.15) is 0 Å². The normalized spacial score (nSPS) is 13.0. The molecule has 4 rings (SSSR count). The van der Waals surface area contributed by atoms with E-state index in [1.54, 1.807) is 19.1 Å². The number of rotatable bonds is 8. The van der Waals surface area contributed by atoms with Crippen molar-refractivity contribution in [3.8, 4) is 5.75 Å². The van der Waals surface area contributed by atoms with Crippen LogP contribution < -0.4 is 15.2 Å². The number of hydrogen-bond acceptors (Lipinski definition) is 5. The Kier molecular flexibility index (Phi) is 5.97. The zero-order valence-electron chi connectivity index (χ0n) is 17.1. The Balaban J connectivity index is 1.32. The van der Waals surface area contributed by atoms with Gasteiger partial charge in [0.05, 0.1) is 16.5 Å². The lowest BCUT2D eigenvalue weighted by atomic mass is 10.0. The molecule has 0 fully saturated rings.